The highest BCUT2D eigenvalue weighted by molar-refractivity contribution is 7.91. The summed E-state index contributed by atoms with van der Waals surface area (Å²) in [6.45, 7) is -1.41. The van der Waals surface area contributed by atoms with Crippen LogP contribution in [0.5, 0.6) is 0 Å². The van der Waals surface area contributed by atoms with Crippen LogP contribution < -0.4 is 11.5 Å². The zero-order valence-electron chi connectivity index (χ0n) is 15.1. The van der Waals surface area contributed by atoms with E-state index < -0.39 is 54.8 Å². The molecule has 0 atom stereocenters. The molecular formula is C16H20N2O8S3. The second-order valence-corrected chi connectivity index (χ2v) is 11.3. The van der Waals surface area contributed by atoms with Crippen LogP contribution in [0.4, 0.5) is 11.4 Å². The number of benzene rings is 2. The Bertz CT molecular complexity index is 1090. The van der Waals surface area contributed by atoms with Crippen LogP contribution in [0.2, 0.25) is 0 Å². The Morgan fingerprint density at radius 3 is 1.38 bits per heavy atom. The third-order valence-corrected chi connectivity index (χ3v) is 7.86. The number of hydrogen-bond acceptors (Lipinski definition) is 10. The maximum atomic E-state index is 12.1. The molecule has 0 aliphatic rings. The van der Waals surface area contributed by atoms with E-state index in [1.54, 1.807) is 0 Å². The Balaban J connectivity index is 1.87. The van der Waals surface area contributed by atoms with Gasteiger partial charge in [-0.2, -0.15) is 8.42 Å². The molecule has 2 aromatic carbocycles. The van der Waals surface area contributed by atoms with Crippen LogP contribution in [0.3, 0.4) is 0 Å². The molecule has 0 heterocycles. The smallest absolute Gasteiger partial charge is 0.399 e. The van der Waals surface area contributed by atoms with Gasteiger partial charge in [0.25, 0.3) is 0 Å². The minimum atomic E-state index is -4.59. The summed E-state index contributed by atoms with van der Waals surface area (Å²) < 4.78 is 80.9. The molecule has 0 unspecified atom stereocenters. The lowest BCUT2D eigenvalue weighted by Crippen LogP contribution is -2.20. The van der Waals surface area contributed by atoms with Crippen LogP contribution in [-0.2, 0) is 38.4 Å². The molecule has 0 bridgehead atoms. The molecule has 4 N–H and O–H groups in total. The molecule has 0 radical (unpaired) electrons. The van der Waals surface area contributed by atoms with Crippen LogP contribution in [0.15, 0.2) is 58.3 Å². The Labute approximate surface area is 169 Å². The van der Waals surface area contributed by atoms with Gasteiger partial charge in [-0.05, 0) is 36.4 Å². The van der Waals surface area contributed by atoms with Crippen molar-refractivity contribution in [2.24, 2.45) is 0 Å². The molecule has 29 heavy (non-hydrogen) atoms. The first-order chi connectivity index (χ1) is 13.4. The number of anilines is 2. The zero-order valence-corrected chi connectivity index (χ0v) is 17.5. The molecule has 0 fully saturated rings. The van der Waals surface area contributed by atoms with Gasteiger partial charge in [-0.1, -0.05) is 12.1 Å². The minimum Gasteiger partial charge on any atom is -0.399 e. The lowest BCUT2D eigenvalue weighted by Gasteiger charge is -2.08. The van der Waals surface area contributed by atoms with Crippen LogP contribution in [0, 0.1) is 0 Å². The van der Waals surface area contributed by atoms with Gasteiger partial charge in [-0.3, -0.25) is 0 Å². The van der Waals surface area contributed by atoms with Crippen molar-refractivity contribution in [1.29, 1.82) is 0 Å². The van der Waals surface area contributed by atoms with E-state index in [1.807, 2.05) is 0 Å². The van der Waals surface area contributed by atoms with Gasteiger partial charge in [-0.15, -0.1) is 0 Å². The molecule has 0 saturated carbocycles. The Morgan fingerprint density at radius 2 is 1.03 bits per heavy atom. The molecular weight excluding hydrogens is 444 g/mol. The van der Waals surface area contributed by atoms with E-state index in [0.29, 0.717) is 0 Å². The highest BCUT2D eigenvalue weighted by atomic mass is 32.3. The van der Waals surface area contributed by atoms with Crippen molar-refractivity contribution in [3.8, 4) is 0 Å². The third-order valence-electron chi connectivity index (χ3n) is 3.59. The van der Waals surface area contributed by atoms with E-state index in [-0.39, 0.29) is 21.2 Å². The van der Waals surface area contributed by atoms with E-state index >= 15 is 0 Å². The number of nitrogen functional groups attached to an aromatic ring is 2. The van der Waals surface area contributed by atoms with Crippen LogP contribution in [0.25, 0.3) is 0 Å². The molecule has 160 valence electrons. The molecule has 2 rings (SSSR count). The number of sulfone groups is 2. The van der Waals surface area contributed by atoms with Crippen molar-refractivity contribution in [3.63, 3.8) is 0 Å². The summed E-state index contributed by atoms with van der Waals surface area (Å²) in [5.74, 6) is -1.28. The van der Waals surface area contributed by atoms with Crippen LogP contribution in [-0.4, -0.2) is 50.0 Å². The molecule has 0 spiro atoms. The largest absolute Gasteiger partial charge is 0.399 e. The van der Waals surface area contributed by atoms with E-state index in [1.165, 1.54) is 48.5 Å². The van der Waals surface area contributed by atoms with Gasteiger partial charge < -0.3 is 11.5 Å². The van der Waals surface area contributed by atoms with Crippen molar-refractivity contribution < 1.29 is 33.6 Å². The standard InChI is InChI=1S/C16H20N2O8S3/c17-13-3-1-5-15(11-13)27(19,20)9-7-25-29(23,24)26-8-10-28(21,22)16-6-2-4-14(18)12-16/h1-6,11-12H,7-10,17-18H2. The monoisotopic (exact) mass is 464 g/mol. The van der Waals surface area contributed by atoms with Gasteiger partial charge in [0.15, 0.2) is 19.7 Å². The highest BCUT2D eigenvalue weighted by Gasteiger charge is 2.20. The second kappa shape index (κ2) is 9.09. The van der Waals surface area contributed by atoms with E-state index in [2.05, 4.69) is 8.37 Å². The number of rotatable bonds is 10. The Morgan fingerprint density at radius 1 is 0.655 bits per heavy atom. The molecule has 0 aliphatic carbocycles. The summed E-state index contributed by atoms with van der Waals surface area (Å²) in [6.07, 6.45) is 0. The average Bonchev–Trinajstić information content (AvgIpc) is 2.61. The molecule has 0 aliphatic heterocycles. The van der Waals surface area contributed by atoms with Crippen molar-refractivity contribution >= 4 is 41.4 Å². The molecule has 2 aromatic rings. The minimum absolute atomic E-state index is 0.0763. The summed E-state index contributed by atoms with van der Waals surface area (Å²) in [6, 6.07) is 11.0. The Kier molecular flexibility index (Phi) is 7.24. The van der Waals surface area contributed by atoms with Gasteiger partial charge in [0, 0.05) is 11.4 Å². The summed E-state index contributed by atoms with van der Waals surface area (Å²) in [5.41, 5.74) is 11.5. The van der Waals surface area contributed by atoms with Crippen LogP contribution >= 0.6 is 0 Å². The van der Waals surface area contributed by atoms with Crippen LogP contribution in [0.1, 0.15) is 0 Å². The fourth-order valence-electron chi connectivity index (χ4n) is 2.18. The molecule has 0 amide bonds. The van der Waals surface area contributed by atoms with Gasteiger partial charge >= 0.3 is 10.4 Å². The first-order valence-electron chi connectivity index (χ1n) is 8.12. The topological polar surface area (TPSA) is 173 Å². The first-order valence-corrected chi connectivity index (χ1v) is 12.8. The SMILES string of the molecule is Nc1cccc(S(=O)(=O)CCOS(=O)(=O)OCCS(=O)(=O)c2cccc(N)c2)c1. The van der Waals surface area contributed by atoms with E-state index in [9.17, 15) is 25.3 Å². The lowest BCUT2D eigenvalue weighted by atomic mass is 10.3. The van der Waals surface area contributed by atoms with E-state index in [4.69, 9.17) is 11.5 Å². The second-order valence-electron chi connectivity index (χ2n) is 5.83. The molecule has 10 nitrogen and oxygen atoms in total. The normalized spacial score (nSPS) is 12.7. The zero-order chi connectivity index (χ0) is 21.7. The van der Waals surface area contributed by atoms with Gasteiger partial charge in [0.05, 0.1) is 34.5 Å². The summed E-state index contributed by atoms with van der Waals surface area (Å²) in [4.78, 5) is -0.153. The lowest BCUT2D eigenvalue weighted by molar-refractivity contribution is 0.232. The predicted octanol–water partition coefficient (Wildman–Crippen LogP) is 0.377. The number of nitrogens with two attached hydrogens (primary N) is 2. The summed E-state index contributed by atoms with van der Waals surface area (Å²) >= 11 is 0. The van der Waals surface area contributed by atoms with Crippen molar-refractivity contribution in [2.75, 3.05) is 36.2 Å². The predicted molar refractivity (Wildman–Crippen MR) is 107 cm³/mol. The summed E-state index contributed by atoms with van der Waals surface area (Å²) in [5, 5.41) is 0. The Hall–Kier alpha value is -2.19. The van der Waals surface area contributed by atoms with Gasteiger partial charge in [0.1, 0.15) is 0 Å². The molecule has 13 heteroatoms. The fraction of sp³-hybridized carbons (Fsp3) is 0.250. The van der Waals surface area contributed by atoms with Crippen molar-refractivity contribution in [3.05, 3.63) is 48.5 Å². The average molecular weight is 465 g/mol. The van der Waals surface area contributed by atoms with E-state index in [0.717, 1.165) is 0 Å². The summed E-state index contributed by atoms with van der Waals surface area (Å²) in [7, 11) is -12.2. The quantitative estimate of drug-likeness (QED) is 0.468. The third kappa shape index (κ3) is 6.97. The highest BCUT2D eigenvalue weighted by Crippen LogP contribution is 2.16. The van der Waals surface area contributed by atoms with Gasteiger partial charge in [-0.25, -0.2) is 25.2 Å². The maximum absolute atomic E-state index is 12.1. The van der Waals surface area contributed by atoms with Gasteiger partial charge in [0.2, 0.25) is 0 Å². The molecule has 0 aromatic heterocycles. The maximum Gasteiger partial charge on any atom is 0.399 e. The van der Waals surface area contributed by atoms with Crippen molar-refractivity contribution in [1.82, 2.24) is 0 Å². The fourth-order valence-corrected chi connectivity index (χ4v) is 5.31. The number of hydrogen-bond donors (Lipinski definition) is 2. The van der Waals surface area contributed by atoms with Crippen molar-refractivity contribution in [2.45, 2.75) is 9.79 Å². The first kappa shape index (κ1) is 23.1. The molecule has 0 saturated heterocycles.